The molecule has 2 rings (SSSR count). The minimum atomic E-state index is -0.845. The van der Waals surface area contributed by atoms with Crippen molar-refractivity contribution in [3.8, 4) is 17.2 Å². The molecule has 0 spiro atoms. The van der Waals surface area contributed by atoms with Gasteiger partial charge in [-0.05, 0) is 25.1 Å². The molecule has 0 saturated heterocycles. The van der Waals surface area contributed by atoms with Crippen LogP contribution in [0.1, 0.15) is 17.3 Å². The van der Waals surface area contributed by atoms with Gasteiger partial charge in [-0.15, -0.1) is 0 Å². The van der Waals surface area contributed by atoms with E-state index in [0.717, 1.165) is 0 Å². The van der Waals surface area contributed by atoms with E-state index in [2.05, 4.69) is 5.32 Å². The summed E-state index contributed by atoms with van der Waals surface area (Å²) in [7, 11) is 4.14. The Morgan fingerprint density at radius 1 is 1.04 bits per heavy atom. The van der Waals surface area contributed by atoms with Gasteiger partial charge < -0.3 is 24.3 Å². The number of esters is 1. The van der Waals surface area contributed by atoms with Gasteiger partial charge in [0.05, 0.1) is 32.6 Å². The van der Waals surface area contributed by atoms with Crippen LogP contribution in [-0.4, -0.2) is 39.3 Å². The summed E-state index contributed by atoms with van der Waals surface area (Å²) in [5.74, 6) is 0.0376. The van der Waals surface area contributed by atoms with Gasteiger partial charge in [-0.3, -0.25) is 4.79 Å². The minimum Gasteiger partial charge on any atom is -0.493 e. The monoisotopic (exact) mass is 393 g/mol. The van der Waals surface area contributed by atoms with Gasteiger partial charge in [-0.2, -0.15) is 0 Å². The number of hydrogen-bond acceptors (Lipinski definition) is 6. The maximum absolute atomic E-state index is 12.5. The molecule has 0 bridgehead atoms. The van der Waals surface area contributed by atoms with E-state index in [1.54, 1.807) is 31.2 Å². The Hall–Kier alpha value is -2.93. The number of anilines is 1. The number of halogens is 1. The molecule has 0 aliphatic heterocycles. The third-order valence-corrected chi connectivity index (χ3v) is 3.90. The molecule has 2 aromatic rings. The lowest BCUT2D eigenvalue weighted by atomic mass is 10.1. The smallest absolute Gasteiger partial charge is 0.340 e. The molecule has 0 aromatic heterocycles. The van der Waals surface area contributed by atoms with Crippen LogP contribution in [0.4, 0.5) is 5.69 Å². The Morgan fingerprint density at radius 3 is 2.30 bits per heavy atom. The molecule has 0 fully saturated rings. The van der Waals surface area contributed by atoms with Crippen LogP contribution in [0.3, 0.4) is 0 Å². The van der Waals surface area contributed by atoms with Gasteiger partial charge in [0.15, 0.2) is 17.6 Å². The van der Waals surface area contributed by atoms with E-state index in [0.29, 0.717) is 22.3 Å². The van der Waals surface area contributed by atoms with Gasteiger partial charge >= 0.3 is 5.97 Å². The molecule has 27 heavy (non-hydrogen) atoms. The molecule has 7 nitrogen and oxygen atoms in total. The molecule has 0 saturated carbocycles. The van der Waals surface area contributed by atoms with Crippen molar-refractivity contribution in [3.63, 3.8) is 0 Å². The number of methoxy groups -OCH3 is 3. The van der Waals surface area contributed by atoms with Crippen molar-refractivity contribution in [1.29, 1.82) is 0 Å². The zero-order valence-corrected chi connectivity index (χ0v) is 16.1. The van der Waals surface area contributed by atoms with E-state index in [1.807, 2.05) is 0 Å². The highest BCUT2D eigenvalue weighted by Crippen LogP contribution is 2.34. The topological polar surface area (TPSA) is 83.1 Å². The summed E-state index contributed by atoms with van der Waals surface area (Å²) >= 11 is 5.91. The molecule has 0 radical (unpaired) electrons. The molecule has 2 aromatic carbocycles. The second-order valence-electron chi connectivity index (χ2n) is 5.45. The number of nitrogens with one attached hydrogen (secondary N) is 1. The van der Waals surface area contributed by atoms with Crippen LogP contribution in [0.2, 0.25) is 5.02 Å². The van der Waals surface area contributed by atoms with Gasteiger partial charge in [-0.1, -0.05) is 17.7 Å². The summed E-state index contributed by atoms with van der Waals surface area (Å²) in [5, 5.41) is 3.15. The molecule has 1 atom stereocenters. The zero-order chi connectivity index (χ0) is 20.0. The lowest BCUT2D eigenvalue weighted by Gasteiger charge is -2.18. The largest absolute Gasteiger partial charge is 0.493 e. The molecule has 1 N–H and O–H groups in total. The molecular weight excluding hydrogens is 374 g/mol. The van der Waals surface area contributed by atoms with E-state index >= 15 is 0 Å². The second-order valence-corrected chi connectivity index (χ2v) is 5.89. The Morgan fingerprint density at radius 2 is 1.70 bits per heavy atom. The van der Waals surface area contributed by atoms with Crippen LogP contribution in [0.25, 0.3) is 0 Å². The van der Waals surface area contributed by atoms with Crippen molar-refractivity contribution in [2.45, 2.75) is 13.0 Å². The normalized spacial score (nSPS) is 11.3. The number of carbonyl (C=O) groups is 2. The number of amides is 1. The van der Waals surface area contributed by atoms with Crippen LogP contribution in [-0.2, 0) is 9.53 Å². The van der Waals surface area contributed by atoms with E-state index in [1.165, 1.54) is 33.5 Å². The standard InChI is InChI=1S/C19H20ClNO6/c1-11(27-13-7-5-6-12(20)8-13)18(22)21-15-10-17(25-3)16(24-2)9-14(15)19(23)26-4/h5-11H,1-4H3,(H,21,22)/t11-/m1/s1. The van der Waals surface area contributed by atoms with Crippen LogP contribution in [0, 0.1) is 0 Å². The molecule has 0 aliphatic carbocycles. The Labute approximate surface area is 162 Å². The van der Waals surface area contributed by atoms with Gasteiger partial charge in [0.2, 0.25) is 0 Å². The van der Waals surface area contributed by atoms with Crippen molar-refractivity contribution < 1.29 is 28.5 Å². The first-order chi connectivity index (χ1) is 12.9. The summed E-state index contributed by atoms with van der Waals surface area (Å²) in [6.45, 7) is 1.58. The summed E-state index contributed by atoms with van der Waals surface area (Å²) in [4.78, 5) is 24.6. The summed E-state index contributed by atoms with van der Waals surface area (Å²) in [5.41, 5.74) is 0.337. The molecule has 0 heterocycles. The van der Waals surface area contributed by atoms with E-state index in [4.69, 9.17) is 30.5 Å². The van der Waals surface area contributed by atoms with Crippen molar-refractivity contribution in [2.75, 3.05) is 26.6 Å². The molecular formula is C19H20ClNO6. The quantitative estimate of drug-likeness (QED) is 0.724. The fourth-order valence-corrected chi connectivity index (χ4v) is 2.47. The number of ether oxygens (including phenoxy) is 4. The second kappa shape index (κ2) is 9.14. The van der Waals surface area contributed by atoms with Gasteiger partial charge in [-0.25, -0.2) is 4.79 Å². The highest BCUT2D eigenvalue weighted by molar-refractivity contribution is 6.30. The van der Waals surface area contributed by atoms with Crippen molar-refractivity contribution >= 4 is 29.2 Å². The fraction of sp³-hybridized carbons (Fsp3) is 0.263. The average Bonchev–Trinajstić information content (AvgIpc) is 2.66. The van der Waals surface area contributed by atoms with Gasteiger partial charge in [0, 0.05) is 17.2 Å². The summed E-state index contributed by atoms with van der Waals surface area (Å²) < 4.78 is 20.8. The highest BCUT2D eigenvalue weighted by Gasteiger charge is 2.22. The highest BCUT2D eigenvalue weighted by atomic mass is 35.5. The van der Waals surface area contributed by atoms with E-state index in [9.17, 15) is 9.59 Å². The average molecular weight is 394 g/mol. The lowest BCUT2D eigenvalue weighted by molar-refractivity contribution is -0.122. The molecule has 0 aliphatic rings. The van der Waals surface area contributed by atoms with E-state index < -0.39 is 18.0 Å². The van der Waals surface area contributed by atoms with Crippen molar-refractivity contribution in [1.82, 2.24) is 0 Å². The third-order valence-electron chi connectivity index (χ3n) is 3.67. The first kappa shape index (κ1) is 20.4. The van der Waals surface area contributed by atoms with Crippen LogP contribution < -0.4 is 19.5 Å². The fourth-order valence-electron chi connectivity index (χ4n) is 2.29. The predicted molar refractivity (Wildman–Crippen MR) is 101 cm³/mol. The summed E-state index contributed by atoms with van der Waals surface area (Å²) in [6, 6.07) is 9.61. The van der Waals surface area contributed by atoms with Crippen LogP contribution in [0.5, 0.6) is 17.2 Å². The van der Waals surface area contributed by atoms with Gasteiger partial charge in [0.25, 0.3) is 5.91 Å². The Bertz CT molecular complexity index is 839. The summed E-state index contributed by atoms with van der Waals surface area (Å²) in [6.07, 6.45) is -0.845. The number of hydrogen-bond donors (Lipinski definition) is 1. The molecule has 0 unspecified atom stereocenters. The van der Waals surface area contributed by atoms with E-state index in [-0.39, 0.29) is 11.3 Å². The van der Waals surface area contributed by atoms with Gasteiger partial charge in [0.1, 0.15) is 5.75 Å². The Kier molecular flexibility index (Phi) is 6.90. The number of benzene rings is 2. The zero-order valence-electron chi connectivity index (χ0n) is 15.4. The Balaban J connectivity index is 2.25. The maximum atomic E-state index is 12.5. The predicted octanol–water partition coefficient (Wildman–Crippen LogP) is 3.55. The van der Waals surface area contributed by atoms with Crippen LogP contribution in [0.15, 0.2) is 36.4 Å². The number of carbonyl (C=O) groups excluding carboxylic acids is 2. The minimum absolute atomic E-state index is 0.124. The first-order valence-electron chi connectivity index (χ1n) is 7.97. The first-order valence-corrected chi connectivity index (χ1v) is 8.34. The van der Waals surface area contributed by atoms with Crippen molar-refractivity contribution in [3.05, 3.63) is 47.0 Å². The molecule has 8 heteroatoms. The lowest BCUT2D eigenvalue weighted by Crippen LogP contribution is -2.30. The SMILES string of the molecule is COC(=O)c1cc(OC)c(OC)cc1NC(=O)[C@@H](C)Oc1cccc(Cl)c1. The van der Waals surface area contributed by atoms with Crippen molar-refractivity contribution in [2.24, 2.45) is 0 Å². The number of rotatable bonds is 7. The molecule has 1 amide bonds. The van der Waals surface area contributed by atoms with Crippen LogP contribution >= 0.6 is 11.6 Å². The third kappa shape index (κ3) is 5.04. The molecule has 144 valence electrons. The maximum Gasteiger partial charge on any atom is 0.340 e.